The Morgan fingerprint density at radius 3 is 2.54 bits per heavy atom. The lowest BCUT2D eigenvalue weighted by atomic mass is 10.1. The van der Waals surface area contributed by atoms with Gasteiger partial charge in [0.25, 0.3) is 0 Å². The third-order valence-electron chi connectivity index (χ3n) is 1.94. The molecule has 0 fully saturated rings. The van der Waals surface area contributed by atoms with Crippen molar-refractivity contribution in [2.75, 3.05) is 7.11 Å². The van der Waals surface area contributed by atoms with Crippen LogP contribution in [0.4, 0.5) is 0 Å². The van der Waals surface area contributed by atoms with Crippen molar-refractivity contribution < 1.29 is 4.74 Å². The minimum atomic E-state index is 0.464. The number of benzene rings is 1. The summed E-state index contributed by atoms with van der Waals surface area (Å²) in [7, 11) is 1.63. The van der Waals surface area contributed by atoms with E-state index in [4.69, 9.17) is 27.9 Å². The van der Waals surface area contributed by atoms with Gasteiger partial charge in [0, 0.05) is 17.7 Å². The predicted molar refractivity (Wildman–Crippen MR) is 56.6 cm³/mol. The van der Waals surface area contributed by atoms with E-state index >= 15 is 0 Å². The average Bonchev–Trinajstić information content (AvgIpc) is 2.12. The van der Waals surface area contributed by atoms with Crippen molar-refractivity contribution in [1.29, 1.82) is 0 Å². The van der Waals surface area contributed by atoms with E-state index in [2.05, 4.69) is 6.92 Å². The van der Waals surface area contributed by atoms with Crippen molar-refractivity contribution in [2.45, 2.75) is 20.0 Å². The predicted octanol–water partition coefficient (Wildman–Crippen LogP) is 3.70. The Hall–Kier alpha value is -0.240. The third-order valence-corrected chi connectivity index (χ3v) is 2.76. The molecule has 0 aromatic heterocycles. The van der Waals surface area contributed by atoms with Crippen molar-refractivity contribution in [3.63, 3.8) is 0 Å². The van der Waals surface area contributed by atoms with Crippen molar-refractivity contribution in [2.24, 2.45) is 0 Å². The second-order valence-electron chi connectivity index (χ2n) is 2.79. The molecule has 0 saturated carbocycles. The molecule has 1 nitrogen and oxygen atoms in total. The van der Waals surface area contributed by atoms with Crippen LogP contribution in [0.3, 0.4) is 0 Å². The Bertz CT molecular complexity index is 297. The molecule has 3 heteroatoms. The zero-order chi connectivity index (χ0) is 9.84. The Balaban J connectivity index is 3.13. The van der Waals surface area contributed by atoms with Gasteiger partial charge in [0.1, 0.15) is 0 Å². The van der Waals surface area contributed by atoms with E-state index in [0.717, 1.165) is 22.6 Å². The van der Waals surface area contributed by atoms with Crippen LogP contribution >= 0.6 is 23.2 Å². The van der Waals surface area contributed by atoms with Crippen LogP contribution in [0.15, 0.2) is 12.1 Å². The summed E-state index contributed by atoms with van der Waals surface area (Å²) in [6.45, 7) is 2.53. The fourth-order valence-corrected chi connectivity index (χ4v) is 1.81. The second-order valence-corrected chi connectivity index (χ2v) is 3.57. The third kappa shape index (κ3) is 2.37. The molecule has 0 atom stereocenters. The van der Waals surface area contributed by atoms with Gasteiger partial charge in [-0.15, -0.1) is 0 Å². The first kappa shape index (κ1) is 10.8. The topological polar surface area (TPSA) is 9.23 Å². The number of ether oxygens (including phenoxy) is 1. The molecule has 0 aliphatic heterocycles. The van der Waals surface area contributed by atoms with Crippen molar-refractivity contribution in [3.05, 3.63) is 33.3 Å². The van der Waals surface area contributed by atoms with Gasteiger partial charge in [0.15, 0.2) is 0 Å². The summed E-state index contributed by atoms with van der Waals surface area (Å²) in [6.07, 6.45) is 0.909. The van der Waals surface area contributed by atoms with E-state index < -0.39 is 0 Å². The van der Waals surface area contributed by atoms with Gasteiger partial charge >= 0.3 is 0 Å². The lowest BCUT2D eigenvalue weighted by molar-refractivity contribution is 0.185. The minimum Gasteiger partial charge on any atom is -0.380 e. The summed E-state index contributed by atoms with van der Waals surface area (Å²) in [5, 5.41) is 1.40. The molecule has 0 radical (unpaired) electrons. The number of aryl methyl sites for hydroxylation is 1. The molecule has 0 saturated heterocycles. The molecule has 0 spiro atoms. The van der Waals surface area contributed by atoms with Gasteiger partial charge < -0.3 is 4.74 Å². The second kappa shape index (κ2) is 4.85. The first-order valence-corrected chi connectivity index (χ1v) is 4.91. The fourth-order valence-electron chi connectivity index (χ4n) is 1.20. The van der Waals surface area contributed by atoms with E-state index in [-0.39, 0.29) is 0 Å². The summed E-state index contributed by atoms with van der Waals surface area (Å²) in [4.78, 5) is 0. The maximum atomic E-state index is 6.13. The van der Waals surface area contributed by atoms with Crippen LogP contribution in [0.25, 0.3) is 0 Å². The summed E-state index contributed by atoms with van der Waals surface area (Å²) in [5.74, 6) is 0. The molecular formula is C10H12Cl2O. The molecular weight excluding hydrogens is 207 g/mol. The largest absolute Gasteiger partial charge is 0.380 e. The van der Waals surface area contributed by atoms with Gasteiger partial charge in [0.2, 0.25) is 0 Å². The summed E-state index contributed by atoms with van der Waals surface area (Å²) >= 11 is 12.1. The Labute approximate surface area is 88.6 Å². The van der Waals surface area contributed by atoms with Crippen LogP contribution < -0.4 is 0 Å². The maximum absolute atomic E-state index is 6.13. The van der Waals surface area contributed by atoms with E-state index in [1.165, 1.54) is 0 Å². The lowest BCUT2D eigenvalue weighted by Gasteiger charge is -2.09. The van der Waals surface area contributed by atoms with Crippen molar-refractivity contribution >= 4 is 23.2 Å². The van der Waals surface area contributed by atoms with Gasteiger partial charge in [-0.3, -0.25) is 0 Å². The molecule has 1 aromatic rings. The normalized spacial score (nSPS) is 10.5. The fraction of sp³-hybridized carbons (Fsp3) is 0.400. The van der Waals surface area contributed by atoms with E-state index in [1.807, 2.05) is 12.1 Å². The average molecular weight is 219 g/mol. The van der Waals surface area contributed by atoms with Crippen LogP contribution in [0.5, 0.6) is 0 Å². The molecule has 0 heterocycles. The molecule has 0 aliphatic carbocycles. The zero-order valence-corrected chi connectivity index (χ0v) is 9.24. The molecule has 1 rings (SSSR count). The van der Waals surface area contributed by atoms with Crippen LogP contribution in [0.2, 0.25) is 10.0 Å². The lowest BCUT2D eigenvalue weighted by Crippen LogP contribution is -1.94. The van der Waals surface area contributed by atoms with Crippen LogP contribution in [-0.4, -0.2) is 7.11 Å². The van der Waals surface area contributed by atoms with E-state index in [9.17, 15) is 0 Å². The number of hydrogen-bond acceptors (Lipinski definition) is 1. The highest BCUT2D eigenvalue weighted by atomic mass is 35.5. The molecule has 1 aromatic carbocycles. The summed E-state index contributed by atoms with van der Waals surface area (Å²) < 4.78 is 5.02. The number of rotatable bonds is 3. The van der Waals surface area contributed by atoms with E-state index in [0.29, 0.717) is 11.6 Å². The molecule has 0 aliphatic rings. The molecule has 0 unspecified atom stereocenters. The molecule has 13 heavy (non-hydrogen) atoms. The van der Waals surface area contributed by atoms with Gasteiger partial charge in [-0.1, -0.05) is 36.2 Å². The maximum Gasteiger partial charge on any atom is 0.0742 e. The van der Waals surface area contributed by atoms with Crippen LogP contribution in [0.1, 0.15) is 18.1 Å². The van der Waals surface area contributed by atoms with Gasteiger partial charge in [-0.25, -0.2) is 0 Å². The molecule has 0 bridgehead atoms. The first-order chi connectivity index (χ1) is 6.20. The quantitative estimate of drug-likeness (QED) is 0.753. The molecule has 0 N–H and O–H groups in total. The smallest absolute Gasteiger partial charge is 0.0742 e. The Morgan fingerprint density at radius 1 is 1.31 bits per heavy atom. The van der Waals surface area contributed by atoms with E-state index in [1.54, 1.807) is 7.11 Å². The number of hydrogen-bond donors (Lipinski definition) is 0. The SMILES string of the molecule is CCc1ccc(Cl)c(COC)c1Cl. The Morgan fingerprint density at radius 2 is 2.00 bits per heavy atom. The minimum absolute atomic E-state index is 0.464. The van der Waals surface area contributed by atoms with Crippen LogP contribution in [0, 0.1) is 0 Å². The van der Waals surface area contributed by atoms with Gasteiger partial charge in [-0.2, -0.15) is 0 Å². The van der Waals surface area contributed by atoms with Gasteiger partial charge in [0.05, 0.1) is 11.6 Å². The van der Waals surface area contributed by atoms with Gasteiger partial charge in [-0.05, 0) is 18.1 Å². The highest BCUT2D eigenvalue weighted by molar-refractivity contribution is 6.36. The van der Waals surface area contributed by atoms with Crippen molar-refractivity contribution in [3.8, 4) is 0 Å². The summed E-state index contributed by atoms with van der Waals surface area (Å²) in [5.41, 5.74) is 1.99. The molecule has 72 valence electrons. The van der Waals surface area contributed by atoms with Crippen LogP contribution in [-0.2, 0) is 17.8 Å². The first-order valence-electron chi connectivity index (χ1n) is 4.15. The molecule has 0 amide bonds. The zero-order valence-electron chi connectivity index (χ0n) is 7.73. The number of methoxy groups -OCH3 is 1. The standard InChI is InChI=1S/C10H12Cl2O/c1-3-7-4-5-9(11)8(6-13-2)10(7)12/h4-5H,3,6H2,1-2H3. The Kier molecular flexibility index (Phi) is 4.04. The highest BCUT2D eigenvalue weighted by Crippen LogP contribution is 2.28. The monoisotopic (exact) mass is 218 g/mol. The highest BCUT2D eigenvalue weighted by Gasteiger charge is 2.08. The van der Waals surface area contributed by atoms with Crippen molar-refractivity contribution in [1.82, 2.24) is 0 Å². The number of halogens is 2. The summed E-state index contributed by atoms with van der Waals surface area (Å²) in [6, 6.07) is 3.81.